The van der Waals surface area contributed by atoms with Gasteiger partial charge in [0.05, 0.1) is 5.69 Å². The molecular weight excluding hydrogens is 579 g/mol. The Labute approximate surface area is 282 Å². The van der Waals surface area contributed by atoms with Crippen molar-refractivity contribution >= 4 is 38.6 Å². The van der Waals surface area contributed by atoms with E-state index in [4.69, 9.17) is 0 Å². The highest BCUT2D eigenvalue weighted by Gasteiger charge is 2.36. The van der Waals surface area contributed by atoms with Gasteiger partial charge < -0.3 is 4.90 Å². The molecular formula is C47H35N. The summed E-state index contributed by atoms with van der Waals surface area (Å²) in [5, 5.41) is 5.04. The SMILES string of the molecule is CC1(C)c2cc(N(c3ccc4ccccc4c3)c3ccccc3-c3ccccc3-c3ccccc3)ccc2-c2cc3ccccc3cc21. The molecule has 0 unspecified atom stereocenters. The van der Waals surface area contributed by atoms with E-state index in [2.05, 4.69) is 195 Å². The second kappa shape index (κ2) is 11.1. The monoisotopic (exact) mass is 613 g/mol. The smallest absolute Gasteiger partial charge is 0.0540 e. The Morgan fingerprint density at radius 3 is 1.67 bits per heavy atom. The lowest BCUT2D eigenvalue weighted by Gasteiger charge is -2.30. The summed E-state index contributed by atoms with van der Waals surface area (Å²) in [6.07, 6.45) is 0. The fourth-order valence-corrected chi connectivity index (χ4v) is 7.78. The molecule has 1 heteroatoms. The number of hydrogen-bond acceptors (Lipinski definition) is 1. The second-order valence-corrected chi connectivity index (χ2v) is 13.4. The summed E-state index contributed by atoms with van der Waals surface area (Å²) >= 11 is 0. The summed E-state index contributed by atoms with van der Waals surface area (Å²) in [7, 11) is 0. The van der Waals surface area contributed by atoms with Gasteiger partial charge in [-0.2, -0.15) is 0 Å². The Morgan fingerprint density at radius 1 is 0.354 bits per heavy atom. The molecule has 0 N–H and O–H groups in total. The third-order valence-electron chi connectivity index (χ3n) is 10.2. The first-order chi connectivity index (χ1) is 23.6. The van der Waals surface area contributed by atoms with E-state index >= 15 is 0 Å². The van der Waals surface area contributed by atoms with Gasteiger partial charge in [-0.3, -0.25) is 0 Å². The lowest BCUT2D eigenvalue weighted by molar-refractivity contribution is 0.661. The zero-order chi connectivity index (χ0) is 32.2. The minimum absolute atomic E-state index is 0.140. The molecule has 0 radical (unpaired) electrons. The number of rotatable bonds is 5. The maximum atomic E-state index is 2.46. The van der Waals surface area contributed by atoms with E-state index in [1.165, 1.54) is 66.1 Å². The molecule has 1 aliphatic carbocycles. The zero-order valence-corrected chi connectivity index (χ0v) is 27.2. The molecule has 228 valence electrons. The predicted molar refractivity (Wildman–Crippen MR) is 205 cm³/mol. The molecule has 0 aromatic heterocycles. The van der Waals surface area contributed by atoms with Crippen LogP contribution in [0.25, 0.3) is 54.9 Å². The highest BCUT2D eigenvalue weighted by molar-refractivity contribution is 5.98. The summed E-state index contributed by atoms with van der Waals surface area (Å²) < 4.78 is 0. The Morgan fingerprint density at radius 2 is 0.896 bits per heavy atom. The van der Waals surface area contributed by atoms with Crippen molar-refractivity contribution < 1.29 is 0 Å². The molecule has 0 heterocycles. The van der Waals surface area contributed by atoms with Crippen molar-refractivity contribution in [2.45, 2.75) is 19.3 Å². The van der Waals surface area contributed by atoms with Gasteiger partial charge in [-0.1, -0.05) is 147 Å². The molecule has 0 spiro atoms. The highest BCUT2D eigenvalue weighted by Crippen LogP contribution is 2.52. The summed E-state index contributed by atoms with van der Waals surface area (Å²) in [6.45, 7) is 4.75. The molecule has 1 aliphatic rings. The molecule has 1 nitrogen and oxygen atoms in total. The van der Waals surface area contributed by atoms with Gasteiger partial charge in [0.1, 0.15) is 0 Å². The minimum Gasteiger partial charge on any atom is -0.310 e. The van der Waals surface area contributed by atoms with Gasteiger partial charge in [-0.25, -0.2) is 0 Å². The Kier molecular flexibility index (Phi) is 6.55. The van der Waals surface area contributed by atoms with E-state index in [1.807, 2.05) is 0 Å². The van der Waals surface area contributed by atoms with Gasteiger partial charge in [0.25, 0.3) is 0 Å². The van der Waals surface area contributed by atoms with Gasteiger partial charge in [0, 0.05) is 22.4 Å². The number of nitrogens with zero attached hydrogens (tertiary/aromatic N) is 1. The fraction of sp³-hybridized carbons (Fsp3) is 0.0638. The molecule has 0 saturated heterocycles. The Bertz CT molecular complexity index is 2490. The lowest BCUT2D eigenvalue weighted by atomic mass is 9.81. The van der Waals surface area contributed by atoms with Crippen LogP contribution in [0.1, 0.15) is 25.0 Å². The van der Waals surface area contributed by atoms with Crippen molar-refractivity contribution in [2.24, 2.45) is 0 Å². The Hall–Kier alpha value is -5.92. The Balaban J connectivity index is 1.27. The molecule has 0 atom stereocenters. The maximum absolute atomic E-state index is 2.46. The zero-order valence-electron chi connectivity index (χ0n) is 27.2. The summed E-state index contributed by atoms with van der Waals surface area (Å²) in [5.74, 6) is 0. The predicted octanol–water partition coefficient (Wildman–Crippen LogP) is 13.1. The number of fused-ring (bicyclic) bond motifs is 5. The molecule has 0 fully saturated rings. The fourth-order valence-electron chi connectivity index (χ4n) is 7.78. The van der Waals surface area contributed by atoms with Crippen molar-refractivity contribution in [3.05, 3.63) is 187 Å². The summed E-state index contributed by atoms with van der Waals surface area (Å²) in [6, 6.07) is 64.4. The van der Waals surface area contributed by atoms with E-state index in [9.17, 15) is 0 Å². The molecule has 0 saturated carbocycles. The number of benzene rings is 8. The third-order valence-corrected chi connectivity index (χ3v) is 10.2. The molecule has 9 rings (SSSR count). The molecule has 48 heavy (non-hydrogen) atoms. The van der Waals surface area contributed by atoms with Crippen LogP contribution >= 0.6 is 0 Å². The molecule has 0 aliphatic heterocycles. The number of anilines is 3. The largest absolute Gasteiger partial charge is 0.310 e. The van der Waals surface area contributed by atoms with Crippen molar-refractivity contribution in [1.29, 1.82) is 0 Å². The number of hydrogen-bond donors (Lipinski definition) is 0. The van der Waals surface area contributed by atoms with Crippen LogP contribution in [0.5, 0.6) is 0 Å². The minimum atomic E-state index is -0.140. The highest BCUT2D eigenvalue weighted by atomic mass is 15.1. The van der Waals surface area contributed by atoms with Crippen LogP contribution in [0.4, 0.5) is 17.1 Å². The summed E-state index contributed by atoms with van der Waals surface area (Å²) in [4.78, 5) is 2.46. The van der Waals surface area contributed by atoms with Crippen LogP contribution in [0, 0.1) is 0 Å². The normalized spacial score (nSPS) is 13.0. The maximum Gasteiger partial charge on any atom is 0.0540 e. The van der Waals surface area contributed by atoms with Gasteiger partial charge in [0.2, 0.25) is 0 Å². The molecule has 8 aromatic carbocycles. The first-order valence-electron chi connectivity index (χ1n) is 16.8. The van der Waals surface area contributed by atoms with Crippen molar-refractivity contribution in [3.63, 3.8) is 0 Å². The summed E-state index contributed by atoms with van der Waals surface area (Å²) in [5.41, 5.74) is 13.6. The van der Waals surface area contributed by atoms with Crippen LogP contribution < -0.4 is 4.90 Å². The standard InChI is InChI=1S/C47H35N/c1-47(2)44-30-36-19-9-8-18-35(36)29-43(44)41-27-26-38(31-45(41)47)48(37-25-24-32-14-6-7-17-34(32)28-37)46-23-13-12-22-42(46)40-21-11-10-20-39(40)33-15-4-3-5-16-33/h3-31H,1-2H3. The van der Waals surface area contributed by atoms with Crippen LogP contribution in [-0.4, -0.2) is 0 Å². The van der Waals surface area contributed by atoms with E-state index in [1.54, 1.807) is 0 Å². The van der Waals surface area contributed by atoms with Crippen LogP contribution in [0.3, 0.4) is 0 Å². The average Bonchev–Trinajstić information content (AvgIpc) is 3.36. The van der Waals surface area contributed by atoms with Crippen molar-refractivity contribution in [1.82, 2.24) is 0 Å². The van der Waals surface area contributed by atoms with Gasteiger partial charge in [-0.15, -0.1) is 0 Å². The van der Waals surface area contributed by atoms with Crippen LogP contribution in [-0.2, 0) is 5.41 Å². The second-order valence-electron chi connectivity index (χ2n) is 13.4. The van der Waals surface area contributed by atoms with Gasteiger partial charge in [-0.05, 0) is 103 Å². The van der Waals surface area contributed by atoms with E-state index in [0.717, 1.165) is 17.1 Å². The van der Waals surface area contributed by atoms with E-state index in [0.29, 0.717) is 0 Å². The van der Waals surface area contributed by atoms with Crippen molar-refractivity contribution in [3.8, 4) is 33.4 Å². The first-order valence-corrected chi connectivity index (χ1v) is 16.8. The number of para-hydroxylation sites is 1. The van der Waals surface area contributed by atoms with E-state index < -0.39 is 0 Å². The third kappa shape index (κ3) is 4.54. The van der Waals surface area contributed by atoms with Crippen molar-refractivity contribution in [2.75, 3.05) is 4.90 Å². The molecule has 8 aromatic rings. The average molecular weight is 614 g/mol. The molecule has 0 amide bonds. The van der Waals surface area contributed by atoms with Crippen LogP contribution in [0.2, 0.25) is 0 Å². The lowest BCUT2D eigenvalue weighted by Crippen LogP contribution is -2.17. The van der Waals surface area contributed by atoms with Crippen LogP contribution in [0.15, 0.2) is 176 Å². The van der Waals surface area contributed by atoms with Gasteiger partial charge >= 0.3 is 0 Å². The molecule has 0 bridgehead atoms. The first kappa shape index (κ1) is 28.3. The van der Waals surface area contributed by atoms with Gasteiger partial charge in [0.15, 0.2) is 0 Å². The topological polar surface area (TPSA) is 3.24 Å². The van der Waals surface area contributed by atoms with E-state index in [-0.39, 0.29) is 5.41 Å². The quantitative estimate of drug-likeness (QED) is 0.187.